The highest BCUT2D eigenvalue weighted by molar-refractivity contribution is 7.99. The molecular weight excluding hydrogens is 388 g/mol. The van der Waals surface area contributed by atoms with Crippen molar-refractivity contribution in [2.24, 2.45) is 5.73 Å². The van der Waals surface area contributed by atoms with E-state index in [9.17, 15) is 9.59 Å². The number of nitrogens with zero attached hydrogens (tertiary/aromatic N) is 3. The molecule has 2 N–H and O–H groups in total. The molecule has 3 rings (SSSR count). The number of aromatic nitrogens is 3. The van der Waals surface area contributed by atoms with Crippen LogP contribution in [0.3, 0.4) is 0 Å². The summed E-state index contributed by atoms with van der Waals surface area (Å²) in [6.45, 7) is 6.36. The van der Waals surface area contributed by atoms with Gasteiger partial charge in [-0.1, -0.05) is 29.5 Å². The van der Waals surface area contributed by atoms with Crippen molar-refractivity contribution in [2.75, 3.05) is 5.75 Å². The first-order valence-electron chi connectivity index (χ1n) is 9.31. The topological polar surface area (TPSA) is 104 Å². The summed E-state index contributed by atoms with van der Waals surface area (Å²) in [7, 11) is 0. The van der Waals surface area contributed by atoms with E-state index in [-0.39, 0.29) is 18.0 Å². The number of rotatable bonds is 9. The van der Waals surface area contributed by atoms with Crippen molar-refractivity contribution in [3.63, 3.8) is 0 Å². The number of carbonyl (C=O) groups excluding carboxylic acids is 2. The summed E-state index contributed by atoms with van der Waals surface area (Å²) in [6, 6.07) is 7.71. The van der Waals surface area contributed by atoms with Crippen molar-refractivity contribution in [3.8, 4) is 0 Å². The fourth-order valence-corrected chi connectivity index (χ4v) is 4.21. The number of nitrogens with two attached hydrogens (primary N) is 1. The normalized spacial score (nSPS) is 11.0. The minimum Gasteiger partial charge on any atom is -0.467 e. The van der Waals surface area contributed by atoms with Crippen LogP contribution < -0.4 is 5.73 Å². The maximum atomic E-state index is 12.9. The SMILES string of the molecule is Cc1cc(C)c(C(=O)CSc2nnc(CCC(N)=O)n2Cc2ccco2)c(C)c1. The molecule has 0 unspecified atom stereocenters. The molecule has 7 nitrogen and oxygen atoms in total. The summed E-state index contributed by atoms with van der Waals surface area (Å²) in [6.07, 6.45) is 2.16. The molecule has 0 aliphatic rings. The van der Waals surface area contributed by atoms with Crippen molar-refractivity contribution in [3.05, 3.63) is 64.4 Å². The molecule has 0 radical (unpaired) electrons. The fraction of sp³-hybridized carbons (Fsp3) is 0.333. The van der Waals surface area contributed by atoms with E-state index in [1.165, 1.54) is 11.8 Å². The van der Waals surface area contributed by atoms with Crippen molar-refractivity contribution >= 4 is 23.5 Å². The molecule has 2 aromatic heterocycles. The van der Waals surface area contributed by atoms with Gasteiger partial charge in [-0.05, 0) is 44.0 Å². The van der Waals surface area contributed by atoms with E-state index < -0.39 is 5.91 Å². The minimum absolute atomic E-state index is 0.0521. The van der Waals surface area contributed by atoms with E-state index in [0.29, 0.717) is 23.9 Å². The van der Waals surface area contributed by atoms with Gasteiger partial charge in [0.2, 0.25) is 5.91 Å². The number of Topliss-reactive ketones (excluding diaryl/α,β-unsaturated/α-hetero) is 1. The smallest absolute Gasteiger partial charge is 0.217 e. The average molecular weight is 413 g/mol. The Morgan fingerprint density at radius 3 is 2.52 bits per heavy atom. The Labute approximate surface area is 173 Å². The van der Waals surface area contributed by atoms with Crippen LogP contribution >= 0.6 is 11.8 Å². The quantitative estimate of drug-likeness (QED) is 0.427. The molecule has 2 heterocycles. The van der Waals surface area contributed by atoms with E-state index in [1.807, 2.05) is 49.6 Å². The Balaban J connectivity index is 1.79. The predicted octanol–water partition coefficient (Wildman–Crippen LogP) is 3.24. The van der Waals surface area contributed by atoms with Gasteiger partial charge in [0.05, 0.1) is 18.6 Å². The molecule has 1 aromatic carbocycles. The van der Waals surface area contributed by atoms with Gasteiger partial charge < -0.3 is 10.2 Å². The maximum absolute atomic E-state index is 12.9. The van der Waals surface area contributed by atoms with Crippen LogP contribution in [0.25, 0.3) is 0 Å². The van der Waals surface area contributed by atoms with Crippen LogP contribution in [0.5, 0.6) is 0 Å². The summed E-state index contributed by atoms with van der Waals surface area (Å²) in [4.78, 5) is 24.0. The lowest BCUT2D eigenvalue weighted by Crippen LogP contribution is -2.14. The fourth-order valence-electron chi connectivity index (χ4n) is 3.38. The zero-order valence-electron chi connectivity index (χ0n) is 16.8. The van der Waals surface area contributed by atoms with Gasteiger partial charge in [0, 0.05) is 18.4 Å². The van der Waals surface area contributed by atoms with Crippen LogP contribution in [-0.4, -0.2) is 32.2 Å². The first-order valence-corrected chi connectivity index (χ1v) is 10.3. The van der Waals surface area contributed by atoms with Crippen LogP contribution in [0.15, 0.2) is 40.1 Å². The van der Waals surface area contributed by atoms with Gasteiger partial charge in [-0.3, -0.25) is 14.2 Å². The molecule has 0 saturated heterocycles. The molecular formula is C21H24N4O3S. The van der Waals surface area contributed by atoms with E-state index in [4.69, 9.17) is 10.2 Å². The molecule has 0 atom stereocenters. The van der Waals surface area contributed by atoms with Gasteiger partial charge in [0.1, 0.15) is 11.6 Å². The highest BCUT2D eigenvalue weighted by Crippen LogP contribution is 2.23. The molecule has 0 spiro atoms. The third-order valence-corrected chi connectivity index (χ3v) is 5.54. The lowest BCUT2D eigenvalue weighted by Gasteiger charge is -2.11. The molecule has 1 amide bonds. The molecule has 29 heavy (non-hydrogen) atoms. The third kappa shape index (κ3) is 5.14. The first kappa shape index (κ1) is 20.9. The monoisotopic (exact) mass is 412 g/mol. The Hall–Kier alpha value is -2.87. The van der Waals surface area contributed by atoms with Gasteiger partial charge in [-0.15, -0.1) is 10.2 Å². The number of carbonyl (C=O) groups is 2. The second-order valence-electron chi connectivity index (χ2n) is 7.02. The number of amides is 1. The molecule has 0 saturated carbocycles. The van der Waals surface area contributed by atoms with E-state index in [2.05, 4.69) is 10.2 Å². The molecule has 0 bridgehead atoms. The number of aryl methyl sites for hydroxylation is 4. The van der Waals surface area contributed by atoms with Crippen LogP contribution in [-0.2, 0) is 17.8 Å². The lowest BCUT2D eigenvalue weighted by molar-refractivity contribution is -0.118. The Morgan fingerprint density at radius 1 is 1.17 bits per heavy atom. The molecule has 8 heteroatoms. The third-order valence-electron chi connectivity index (χ3n) is 4.57. The number of hydrogen-bond acceptors (Lipinski definition) is 6. The Bertz CT molecular complexity index is 1000. The van der Waals surface area contributed by atoms with Crippen molar-refractivity contribution in [2.45, 2.75) is 45.3 Å². The van der Waals surface area contributed by atoms with Crippen LogP contribution in [0, 0.1) is 20.8 Å². The maximum Gasteiger partial charge on any atom is 0.217 e. The van der Waals surface area contributed by atoms with Crippen molar-refractivity contribution in [1.29, 1.82) is 0 Å². The standard InChI is InChI=1S/C21H24N4O3S/c1-13-9-14(2)20(15(3)10-13)17(26)12-29-21-24-23-19(7-6-18(22)27)25(21)11-16-5-4-8-28-16/h4-5,8-10H,6-7,11-12H2,1-3H3,(H2,22,27). The second-order valence-corrected chi connectivity index (χ2v) is 7.96. The predicted molar refractivity (Wildman–Crippen MR) is 111 cm³/mol. The minimum atomic E-state index is -0.396. The zero-order valence-corrected chi connectivity index (χ0v) is 17.6. The van der Waals surface area contributed by atoms with Gasteiger partial charge in [0.25, 0.3) is 0 Å². The summed E-state index contributed by atoms with van der Waals surface area (Å²) >= 11 is 1.33. The lowest BCUT2D eigenvalue weighted by atomic mass is 9.97. The van der Waals surface area contributed by atoms with E-state index >= 15 is 0 Å². The number of primary amides is 1. The highest BCUT2D eigenvalue weighted by atomic mass is 32.2. The largest absolute Gasteiger partial charge is 0.467 e. The van der Waals surface area contributed by atoms with Gasteiger partial charge in [-0.25, -0.2) is 0 Å². The second kappa shape index (κ2) is 9.09. The van der Waals surface area contributed by atoms with Crippen molar-refractivity contribution in [1.82, 2.24) is 14.8 Å². The van der Waals surface area contributed by atoms with Crippen LogP contribution in [0.1, 0.15) is 45.1 Å². The Kier molecular flexibility index (Phi) is 6.53. The Morgan fingerprint density at radius 2 is 1.90 bits per heavy atom. The highest BCUT2D eigenvalue weighted by Gasteiger charge is 2.18. The number of benzene rings is 1. The van der Waals surface area contributed by atoms with E-state index in [0.717, 1.165) is 28.0 Å². The molecule has 0 fully saturated rings. The number of furan rings is 1. The molecule has 0 aliphatic carbocycles. The first-order chi connectivity index (χ1) is 13.8. The zero-order chi connectivity index (χ0) is 21.0. The van der Waals surface area contributed by atoms with E-state index in [1.54, 1.807) is 6.26 Å². The van der Waals surface area contributed by atoms with Crippen molar-refractivity contribution < 1.29 is 14.0 Å². The molecule has 152 valence electrons. The number of ketones is 1. The van der Waals surface area contributed by atoms with Gasteiger partial charge in [-0.2, -0.15) is 0 Å². The number of thioether (sulfide) groups is 1. The summed E-state index contributed by atoms with van der Waals surface area (Å²) in [5, 5.41) is 9.03. The molecule has 3 aromatic rings. The van der Waals surface area contributed by atoms with Crippen LogP contribution in [0.2, 0.25) is 0 Å². The van der Waals surface area contributed by atoms with Gasteiger partial charge >= 0.3 is 0 Å². The summed E-state index contributed by atoms with van der Waals surface area (Å²) in [5.41, 5.74) is 9.13. The molecule has 0 aliphatic heterocycles. The summed E-state index contributed by atoms with van der Waals surface area (Å²) < 4.78 is 7.31. The average Bonchev–Trinajstić information content (AvgIpc) is 3.28. The number of hydrogen-bond donors (Lipinski definition) is 1. The van der Waals surface area contributed by atoms with Gasteiger partial charge in [0.15, 0.2) is 10.9 Å². The summed E-state index contributed by atoms with van der Waals surface area (Å²) in [5.74, 6) is 1.28. The van der Waals surface area contributed by atoms with Crippen LogP contribution in [0.4, 0.5) is 0 Å².